The Hall–Kier alpha value is -3.84. The van der Waals surface area contributed by atoms with Crippen LogP contribution in [0.1, 0.15) is 12.8 Å². The third-order valence-corrected chi connectivity index (χ3v) is 11.5. The van der Waals surface area contributed by atoms with Crippen molar-refractivity contribution in [3.05, 3.63) is 47.5 Å². The molecule has 2 N–H and O–H groups in total. The van der Waals surface area contributed by atoms with Gasteiger partial charge in [-0.15, -0.1) is 0 Å². The number of likely N-dealkylation sites (N-methyl/N-ethyl adjacent to an activating group) is 1. The number of hydrogen-bond acceptors (Lipinski definition) is 12. The number of halogens is 1. The Labute approximate surface area is 288 Å². The molecule has 0 spiro atoms. The minimum atomic E-state index is -2.76. The highest BCUT2D eigenvalue weighted by Crippen LogP contribution is 2.43. The van der Waals surface area contributed by atoms with Gasteiger partial charge in [-0.2, -0.15) is 10.1 Å². The summed E-state index contributed by atoms with van der Waals surface area (Å²) in [5, 5.41) is 13.0. The molecule has 2 saturated heterocycles. The Morgan fingerprint density at radius 1 is 0.958 bits per heavy atom. The van der Waals surface area contributed by atoms with Gasteiger partial charge in [-0.3, -0.25) is 19.5 Å². The first-order valence-corrected chi connectivity index (χ1v) is 19.6. The number of rotatable bonds is 8. The number of nitrogens with zero attached hydrogens (tertiary/aromatic N) is 9. The minimum Gasteiger partial charge on any atom is -0.494 e. The fourth-order valence-corrected chi connectivity index (χ4v) is 8.62. The summed E-state index contributed by atoms with van der Waals surface area (Å²) in [5.41, 5.74) is 4.80. The largest absolute Gasteiger partial charge is 0.494 e. The first kappa shape index (κ1) is 32.7. The lowest BCUT2D eigenvalue weighted by Crippen LogP contribution is -2.52. The second-order valence-corrected chi connectivity index (χ2v) is 16.9. The predicted molar refractivity (Wildman–Crippen MR) is 196 cm³/mol. The molecule has 0 amide bonds. The van der Waals surface area contributed by atoms with Crippen molar-refractivity contribution in [2.45, 2.75) is 18.9 Å². The zero-order valence-corrected chi connectivity index (χ0v) is 30.4. The van der Waals surface area contributed by atoms with E-state index in [1.807, 2.05) is 30.1 Å². The van der Waals surface area contributed by atoms with Crippen molar-refractivity contribution in [1.29, 1.82) is 0 Å². The summed E-state index contributed by atoms with van der Waals surface area (Å²) in [5.74, 6) is 1.55. The first-order valence-electron chi connectivity index (χ1n) is 16.2. The molecule has 0 bridgehead atoms. The lowest BCUT2D eigenvalue weighted by molar-refractivity contribution is 0.0982. The molecule has 2 aliphatic heterocycles. The fourth-order valence-electron chi connectivity index (χ4n) is 6.93. The molecular weight excluding hydrogens is 693 g/mol. The SMILES string of the molecule is COc1cc(N2CCC(N3CCN(C)CC3)CC2)c2c(cnn2C)c1Nc1ncc(Br)c(Nc2ccc3nccnc3c2P(C)(C)=O)n1. The quantitative estimate of drug-likeness (QED) is 0.208. The van der Waals surface area contributed by atoms with Crippen LogP contribution in [-0.2, 0) is 11.6 Å². The van der Waals surface area contributed by atoms with Crippen LogP contribution in [0.4, 0.5) is 28.8 Å². The van der Waals surface area contributed by atoms with Crippen molar-refractivity contribution in [1.82, 2.24) is 39.5 Å². The molecule has 0 aliphatic carbocycles. The lowest BCUT2D eigenvalue weighted by atomic mass is 10.0. The second kappa shape index (κ2) is 13.2. The van der Waals surface area contributed by atoms with Crippen molar-refractivity contribution in [2.24, 2.45) is 7.05 Å². The van der Waals surface area contributed by atoms with E-state index in [1.54, 1.807) is 39.0 Å². The molecule has 2 aromatic carbocycles. The molecule has 3 aromatic heterocycles. The van der Waals surface area contributed by atoms with Crippen molar-refractivity contribution in [3.8, 4) is 5.75 Å². The van der Waals surface area contributed by atoms with Crippen LogP contribution in [0, 0.1) is 0 Å². The molecule has 0 atom stereocenters. The van der Waals surface area contributed by atoms with Gasteiger partial charge in [0.05, 0.1) is 51.2 Å². The normalized spacial score (nSPS) is 16.9. The zero-order valence-electron chi connectivity index (χ0n) is 27.9. The number of piperidine rings is 1. The summed E-state index contributed by atoms with van der Waals surface area (Å²) in [6, 6.07) is 6.45. The van der Waals surface area contributed by atoms with Crippen molar-refractivity contribution in [2.75, 3.05) is 82.3 Å². The van der Waals surface area contributed by atoms with Crippen LogP contribution in [0.15, 0.2) is 47.5 Å². The van der Waals surface area contributed by atoms with Gasteiger partial charge < -0.3 is 29.7 Å². The number of fused-ring (bicyclic) bond motifs is 2. The maximum atomic E-state index is 13.5. The predicted octanol–water partition coefficient (Wildman–Crippen LogP) is 5.03. The molecule has 5 heterocycles. The van der Waals surface area contributed by atoms with Gasteiger partial charge in [0.15, 0.2) is 0 Å². The highest BCUT2D eigenvalue weighted by Gasteiger charge is 2.29. The number of methoxy groups -OCH3 is 1. The molecule has 0 saturated carbocycles. The van der Waals surface area contributed by atoms with Crippen LogP contribution in [0.2, 0.25) is 0 Å². The van der Waals surface area contributed by atoms with Gasteiger partial charge in [-0.25, -0.2) is 4.98 Å². The van der Waals surface area contributed by atoms with E-state index in [0.717, 1.165) is 74.4 Å². The highest BCUT2D eigenvalue weighted by molar-refractivity contribution is 9.10. The van der Waals surface area contributed by atoms with Crippen LogP contribution in [0.25, 0.3) is 21.9 Å². The third kappa shape index (κ3) is 6.34. The molecule has 15 heteroatoms. The molecule has 0 radical (unpaired) electrons. The van der Waals surface area contributed by atoms with Crippen LogP contribution in [0.5, 0.6) is 5.75 Å². The van der Waals surface area contributed by atoms with E-state index in [0.29, 0.717) is 50.1 Å². The summed E-state index contributed by atoms with van der Waals surface area (Å²) in [4.78, 5) is 25.8. The number of piperazine rings is 1. The van der Waals surface area contributed by atoms with Gasteiger partial charge in [0.1, 0.15) is 24.2 Å². The van der Waals surface area contributed by atoms with Crippen LogP contribution in [-0.4, -0.2) is 112 Å². The summed E-state index contributed by atoms with van der Waals surface area (Å²) in [7, 11) is 3.10. The van der Waals surface area contributed by atoms with E-state index in [1.165, 1.54) is 0 Å². The van der Waals surface area contributed by atoms with Gasteiger partial charge in [0.25, 0.3) is 0 Å². The topological polar surface area (TPSA) is 129 Å². The molecule has 7 rings (SSSR count). The number of nitrogens with one attached hydrogen (secondary N) is 2. The van der Waals surface area contributed by atoms with Crippen LogP contribution >= 0.6 is 23.1 Å². The monoisotopic (exact) mass is 733 g/mol. The summed E-state index contributed by atoms with van der Waals surface area (Å²) < 4.78 is 22.0. The fraction of sp³-hybridized carbons (Fsp3) is 0.424. The van der Waals surface area contributed by atoms with E-state index in [4.69, 9.17) is 9.72 Å². The zero-order chi connectivity index (χ0) is 33.6. The maximum Gasteiger partial charge on any atom is 0.229 e. The third-order valence-electron chi connectivity index (χ3n) is 9.43. The number of aromatic nitrogens is 6. The van der Waals surface area contributed by atoms with Gasteiger partial charge >= 0.3 is 0 Å². The van der Waals surface area contributed by atoms with Crippen LogP contribution < -0.4 is 25.6 Å². The van der Waals surface area contributed by atoms with Gasteiger partial charge in [-0.05, 0) is 61.3 Å². The maximum absolute atomic E-state index is 13.5. The summed E-state index contributed by atoms with van der Waals surface area (Å²) in [6.45, 7) is 9.98. The highest BCUT2D eigenvalue weighted by atomic mass is 79.9. The molecule has 13 nitrogen and oxygen atoms in total. The van der Waals surface area contributed by atoms with Gasteiger partial charge in [0.2, 0.25) is 5.95 Å². The standard InChI is InChI=1S/C33H41BrN11O2P/c1-42-14-16-44(17-15-42)21-8-12-45(13-9-21)26-18-27(47-3)28(22-19-38-43(2)30(22)26)40-33-37-20-23(34)32(41-33)39-25-7-6-24-29(36-11-10-35-24)31(25)48(4,5)46/h6-7,10-11,18-21H,8-9,12-17H2,1-5H3,(H2,37,39,40,41). The minimum absolute atomic E-state index is 0.364. The number of aryl methyl sites for hydroxylation is 1. The smallest absolute Gasteiger partial charge is 0.229 e. The van der Waals surface area contributed by atoms with E-state index >= 15 is 0 Å². The Balaban J connectivity index is 1.18. The molecule has 5 aromatic rings. The summed E-state index contributed by atoms with van der Waals surface area (Å²) in [6.07, 6.45) is 9.05. The lowest BCUT2D eigenvalue weighted by Gasteiger charge is -2.42. The van der Waals surface area contributed by atoms with Crippen molar-refractivity contribution < 1.29 is 9.30 Å². The van der Waals surface area contributed by atoms with E-state index in [9.17, 15) is 4.57 Å². The molecular formula is C33H41BrN11O2P. The number of ether oxygens (including phenoxy) is 1. The Morgan fingerprint density at radius 3 is 2.44 bits per heavy atom. The molecule has 48 heavy (non-hydrogen) atoms. The van der Waals surface area contributed by atoms with E-state index < -0.39 is 7.14 Å². The first-order chi connectivity index (χ1) is 23.1. The summed E-state index contributed by atoms with van der Waals surface area (Å²) >= 11 is 3.59. The molecule has 2 fully saturated rings. The molecule has 2 aliphatic rings. The Kier molecular flexibility index (Phi) is 9.01. The van der Waals surface area contributed by atoms with E-state index in [2.05, 4.69) is 74.4 Å². The van der Waals surface area contributed by atoms with Crippen LogP contribution in [0.3, 0.4) is 0 Å². The average molecular weight is 735 g/mol. The van der Waals surface area contributed by atoms with Crippen molar-refractivity contribution >= 4 is 79.1 Å². The Bertz CT molecular complexity index is 2020. The van der Waals surface area contributed by atoms with Gasteiger partial charge in [0, 0.05) is 82.4 Å². The van der Waals surface area contributed by atoms with Gasteiger partial charge in [-0.1, -0.05) is 0 Å². The molecule has 0 unspecified atom stereocenters. The number of anilines is 5. The Morgan fingerprint density at radius 2 is 1.71 bits per heavy atom. The van der Waals surface area contributed by atoms with E-state index in [-0.39, 0.29) is 0 Å². The average Bonchev–Trinajstić information content (AvgIpc) is 3.47. The molecule has 252 valence electrons. The number of hydrogen-bond donors (Lipinski definition) is 2. The number of benzene rings is 2. The second-order valence-electron chi connectivity index (χ2n) is 12.9. The van der Waals surface area contributed by atoms with Crippen molar-refractivity contribution in [3.63, 3.8) is 0 Å².